The summed E-state index contributed by atoms with van der Waals surface area (Å²) in [4.78, 5) is 26.3. The van der Waals surface area contributed by atoms with Crippen molar-refractivity contribution in [1.29, 1.82) is 0 Å². The van der Waals surface area contributed by atoms with Crippen molar-refractivity contribution < 1.29 is 14.4 Å². The van der Waals surface area contributed by atoms with Crippen LogP contribution < -0.4 is 16.9 Å². The maximum absolute atomic E-state index is 11.3. The van der Waals surface area contributed by atoms with E-state index in [2.05, 4.69) is 24.2 Å². The van der Waals surface area contributed by atoms with Gasteiger partial charge in [0.25, 0.3) is 0 Å². The molecular formula is C10H21N3O3. The van der Waals surface area contributed by atoms with E-state index in [-0.39, 0.29) is 18.4 Å². The van der Waals surface area contributed by atoms with Crippen molar-refractivity contribution in [3.8, 4) is 0 Å². The Bertz CT molecular complexity index is 231. The van der Waals surface area contributed by atoms with Crippen molar-refractivity contribution in [3.05, 3.63) is 0 Å². The summed E-state index contributed by atoms with van der Waals surface area (Å²) in [5.74, 6) is -0.278. The lowest BCUT2D eigenvalue weighted by Gasteiger charge is -2.16. The number of hydrogen-bond donors (Lipinski definition) is 3. The Labute approximate surface area is 95.6 Å². The number of hydroxylamine groups is 1. The Kier molecular flexibility index (Phi) is 7.49. The molecule has 6 nitrogen and oxygen atoms in total. The monoisotopic (exact) mass is 231 g/mol. The number of rotatable bonds is 8. The molecule has 0 aromatic rings. The highest BCUT2D eigenvalue weighted by Gasteiger charge is 2.14. The molecule has 0 aromatic heterocycles. The maximum Gasteiger partial charge on any atom is 0.246 e. The Morgan fingerprint density at radius 2 is 2.00 bits per heavy atom. The van der Waals surface area contributed by atoms with Crippen LogP contribution in [0.2, 0.25) is 0 Å². The van der Waals surface area contributed by atoms with Gasteiger partial charge in [-0.2, -0.15) is 0 Å². The van der Waals surface area contributed by atoms with E-state index in [1.165, 1.54) is 0 Å². The zero-order chi connectivity index (χ0) is 12.6. The van der Waals surface area contributed by atoms with Crippen molar-refractivity contribution >= 4 is 11.8 Å². The number of primary amides is 1. The van der Waals surface area contributed by atoms with Gasteiger partial charge in [-0.15, -0.1) is 0 Å². The largest absolute Gasteiger partial charge is 0.368 e. The summed E-state index contributed by atoms with van der Waals surface area (Å²) in [5.41, 5.74) is 12.5. The highest BCUT2D eigenvalue weighted by molar-refractivity contribution is 5.77. The smallest absolute Gasteiger partial charge is 0.246 e. The second-order valence-electron chi connectivity index (χ2n) is 4.22. The zero-order valence-corrected chi connectivity index (χ0v) is 9.86. The lowest BCUT2D eigenvalue weighted by Crippen LogP contribution is -2.32. The predicted molar refractivity (Wildman–Crippen MR) is 59.9 cm³/mol. The molecule has 0 saturated carbocycles. The molecule has 0 aliphatic rings. The summed E-state index contributed by atoms with van der Waals surface area (Å²) >= 11 is 0. The molecule has 6 heteroatoms. The molecule has 0 aliphatic heterocycles. The predicted octanol–water partition coefficient (Wildman–Crippen LogP) is -0.469. The lowest BCUT2D eigenvalue weighted by atomic mass is 9.94. The Morgan fingerprint density at radius 3 is 2.44 bits per heavy atom. The van der Waals surface area contributed by atoms with Crippen molar-refractivity contribution in [2.75, 3.05) is 13.2 Å². The van der Waals surface area contributed by atoms with Crippen LogP contribution in [0.4, 0.5) is 0 Å². The van der Waals surface area contributed by atoms with Gasteiger partial charge in [0.15, 0.2) is 6.61 Å². The van der Waals surface area contributed by atoms with E-state index in [4.69, 9.17) is 11.5 Å². The normalized spacial score (nSPS) is 12.5. The van der Waals surface area contributed by atoms with Crippen LogP contribution in [0, 0.1) is 11.8 Å². The van der Waals surface area contributed by atoms with Gasteiger partial charge < -0.3 is 11.5 Å². The lowest BCUT2D eigenvalue weighted by molar-refractivity contribution is -0.138. The first-order chi connectivity index (χ1) is 7.45. The fourth-order valence-electron chi connectivity index (χ4n) is 1.42. The molecule has 0 rings (SSSR count). The maximum atomic E-state index is 11.3. The van der Waals surface area contributed by atoms with Crippen LogP contribution in [0.1, 0.15) is 26.7 Å². The Balaban J connectivity index is 3.78. The fourth-order valence-corrected chi connectivity index (χ4v) is 1.42. The highest BCUT2D eigenvalue weighted by atomic mass is 16.7. The number of amides is 2. The molecule has 0 aromatic carbocycles. The summed E-state index contributed by atoms with van der Waals surface area (Å²) in [7, 11) is 0. The van der Waals surface area contributed by atoms with E-state index >= 15 is 0 Å². The molecule has 1 atom stereocenters. The molecule has 0 aliphatic carbocycles. The minimum Gasteiger partial charge on any atom is -0.368 e. The van der Waals surface area contributed by atoms with Gasteiger partial charge in [-0.25, -0.2) is 5.48 Å². The van der Waals surface area contributed by atoms with Crippen LogP contribution in [0.15, 0.2) is 0 Å². The van der Waals surface area contributed by atoms with Crippen LogP contribution in [0.25, 0.3) is 0 Å². The first-order valence-electron chi connectivity index (χ1n) is 5.34. The summed E-state index contributed by atoms with van der Waals surface area (Å²) in [5, 5.41) is 0. The zero-order valence-electron chi connectivity index (χ0n) is 9.86. The average molecular weight is 231 g/mol. The molecule has 16 heavy (non-hydrogen) atoms. The molecule has 2 amide bonds. The van der Waals surface area contributed by atoms with Crippen LogP contribution in [0.3, 0.4) is 0 Å². The number of hydrogen-bond acceptors (Lipinski definition) is 4. The molecule has 0 heterocycles. The van der Waals surface area contributed by atoms with E-state index in [0.29, 0.717) is 18.9 Å². The quantitative estimate of drug-likeness (QED) is 0.491. The third-order valence-corrected chi connectivity index (χ3v) is 2.01. The molecule has 0 bridgehead atoms. The molecule has 94 valence electrons. The summed E-state index contributed by atoms with van der Waals surface area (Å²) in [6.45, 7) is 4.29. The Hall–Kier alpha value is -1.14. The number of nitrogens with two attached hydrogens (primary N) is 2. The summed E-state index contributed by atoms with van der Waals surface area (Å²) in [6.07, 6.45) is 1.19. The van der Waals surface area contributed by atoms with Crippen molar-refractivity contribution in [3.63, 3.8) is 0 Å². The Morgan fingerprint density at radius 1 is 1.38 bits per heavy atom. The van der Waals surface area contributed by atoms with E-state index in [9.17, 15) is 9.59 Å². The molecular weight excluding hydrogens is 210 g/mol. The molecule has 5 N–H and O–H groups in total. The van der Waals surface area contributed by atoms with Gasteiger partial charge >= 0.3 is 0 Å². The third kappa shape index (κ3) is 8.19. The van der Waals surface area contributed by atoms with Gasteiger partial charge in [-0.1, -0.05) is 13.8 Å². The minimum atomic E-state index is -0.627. The van der Waals surface area contributed by atoms with E-state index < -0.39 is 5.91 Å². The van der Waals surface area contributed by atoms with E-state index in [1.54, 1.807) is 0 Å². The van der Waals surface area contributed by atoms with Crippen molar-refractivity contribution in [1.82, 2.24) is 5.48 Å². The summed E-state index contributed by atoms with van der Waals surface area (Å²) in [6, 6.07) is 0. The SMILES string of the molecule is CC(C)C[C@H](CN)CC(=O)NOCC(N)=O. The van der Waals surface area contributed by atoms with Crippen LogP contribution >= 0.6 is 0 Å². The minimum absolute atomic E-state index is 0.136. The van der Waals surface area contributed by atoms with Gasteiger partial charge in [0.1, 0.15) is 0 Å². The standard InChI is InChI=1S/C10H21N3O3/c1-7(2)3-8(5-11)4-10(15)13-16-6-9(12)14/h7-8H,3-6,11H2,1-2H3,(H2,12,14)(H,13,15)/t8-/m0/s1. The molecule has 0 fully saturated rings. The molecule has 0 radical (unpaired) electrons. The first-order valence-corrected chi connectivity index (χ1v) is 5.34. The van der Waals surface area contributed by atoms with Gasteiger partial charge in [-0.05, 0) is 24.8 Å². The average Bonchev–Trinajstić information content (AvgIpc) is 2.15. The van der Waals surface area contributed by atoms with E-state index in [0.717, 1.165) is 6.42 Å². The number of nitrogens with one attached hydrogen (secondary N) is 1. The molecule has 0 saturated heterocycles. The molecule has 0 spiro atoms. The second-order valence-corrected chi connectivity index (χ2v) is 4.22. The van der Waals surface area contributed by atoms with Gasteiger partial charge in [0, 0.05) is 6.42 Å². The van der Waals surface area contributed by atoms with E-state index in [1.807, 2.05) is 0 Å². The number of carbonyl (C=O) groups is 2. The molecule has 0 unspecified atom stereocenters. The van der Waals surface area contributed by atoms with Gasteiger partial charge in [0.05, 0.1) is 0 Å². The van der Waals surface area contributed by atoms with Crippen LogP contribution in [-0.2, 0) is 14.4 Å². The van der Waals surface area contributed by atoms with Crippen molar-refractivity contribution in [2.24, 2.45) is 23.3 Å². The van der Waals surface area contributed by atoms with Gasteiger partial charge in [-0.3, -0.25) is 14.4 Å². The topological polar surface area (TPSA) is 107 Å². The van der Waals surface area contributed by atoms with Gasteiger partial charge in [0.2, 0.25) is 11.8 Å². The number of carbonyl (C=O) groups excluding carboxylic acids is 2. The second kappa shape index (κ2) is 8.06. The van der Waals surface area contributed by atoms with Crippen LogP contribution in [0.5, 0.6) is 0 Å². The summed E-state index contributed by atoms with van der Waals surface area (Å²) < 4.78 is 0. The fraction of sp³-hybridized carbons (Fsp3) is 0.800. The first kappa shape index (κ1) is 14.9. The third-order valence-electron chi connectivity index (χ3n) is 2.01. The van der Waals surface area contributed by atoms with Crippen LogP contribution in [-0.4, -0.2) is 25.0 Å². The van der Waals surface area contributed by atoms with Crippen molar-refractivity contribution in [2.45, 2.75) is 26.7 Å². The highest BCUT2D eigenvalue weighted by Crippen LogP contribution is 2.13.